The molecule has 0 aliphatic rings. The van der Waals surface area contributed by atoms with Gasteiger partial charge in [-0.15, -0.1) is 0 Å². The Morgan fingerprint density at radius 2 is 1.64 bits per heavy atom. The Morgan fingerprint density at radius 1 is 1.00 bits per heavy atom. The van der Waals surface area contributed by atoms with Gasteiger partial charge in [0.05, 0.1) is 0 Å². The van der Waals surface area contributed by atoms with Gasteiger partial charge in [0.25, 0.3) is 0 Å². The second kappa shape index (κ2) is 7.69. The van der Waals surface area contributed by atoms with Crippen LogP contribution in [0, 0.1) is 13.8 Å². The average molecular weight is 353 g/mol. The molecule has 136 valence electrons. The maximum Gasteiger partial charge on any atom is 0.433 e. The Hall–Kier alpha value is -2.35. The number of aromatic nitrogens is 2. The van der Waals surface area contributed by atoms with Gasteiger partial charge in [-0.1, -0.05) is 6.07 Å². The van der Waals surface area contributed by atoms with Crippen molar-refractivity contribution in [2.75, 3.05) is 37.8 Å². The van der Waals surface area contributed by atoms with Crippen molar-refractivity contribution >= 4 is 17.5 Å². The molecule has 5 nitrogen and oxygen atoms in total. The summed E-state index contributed by atoms with van der Waals surface area (Å²) in [5.74, 6) is 0.0447. The van der Waals surface area contributed by atoms with E-state index in [1.165, 1.54) is 0 Å². The zero-order chi connectivity index (χ0) is 18.6. The van der Waals surface area contributed by atoms with Crippen LogP contribution >= 0.6 is 0 Å². The van der Waals surface area contributed by atoms with Crippen molar-refractivity contribution in [2.45, 2.75) is 20.0 Å². The Bertz CT molecular complexity index is 708. The molecule has 0 fully saturated rings. The highest BCUT2D eigenvalue weighted by molar-refractivity contribution is 5.59. The van der Waals surface area contributed by atoms with Crippen LogP contribution in [0.5, 0.6) is 0 Å². The number of anilines is 3. The molecule has 0 saturated heterocycles. The predicted octanol–water partition coefficient (Wildman–Crippen LogP) is 3.83. The van der Waals surface area contributed by atoms with E-state index in [4.69, 9.17) is 0 Å². The number of nitrogens with one attached hydrogen (secondary N) is 2. The van der Waals surface area contributed by atoms with Gasteiger partial charge >= 0.3 is 6.18 Å². The molecule has 0 amide bonds. The molecule has 0 unspecified atom stereocenters. The van der Waals surface area contributed by atoms with Gasteiger partial charge in [-0.05, 0) is 51.2 Å². The number of aryl methyl sites for hydroxylation is 2. The fourth-order valence-electron chi connectivity index (χ4n) is 2.32. The average Bonchev–Trinajstić information content (AvgIpc) is 2.44. The lowest BCUT2D eigenvalue weighted by molar-refractivity contribution is -0.141. The molecule has 0 atom stereocenters. The monoisotopic (exact) mass is 353 g/mol. The van der Waals surface area contributed by atoms with E-state index in [0.29, 0.717) is 18.8 Å². The number of halogens is 3. The zero-order valence-corrected chi connectivity index (χ0v) is 14.7. The van der Waals surface area contributed by atoms with Crippen molar-refractivity contribution in [1.82, 2.24) is 14.9 Å². The van der Waals surface area contributed by atoms with Crippen molar-refractivity contribution in [3.63, 3.8) is 0 Å². The quantitative estimate of drug-likeness (QED) is 0.827. The smallest absolute Gasteiger partial charge is 0.353 e. The second-order valence-corrected chi connectivity index (χ2v) is 6.19. The predicted molar refractivity (Wildman–Crippen MR) is 93.3 cm³/mol. The fourth-order valence-corrected chi connectivity index (χ4v) is 2.32. The maximum atomic E-state index is 13.1. The minimum Gasteiger partial charge on any atom is -0.353 e. The van der Waals surface area contributed by atoms with Gasteiger partial charge in [0.2, 0.25) is 5.95 Å². The van der Waals surface area contributed by atoms with Gasteiger partial charge in [0, 0.05) is 24.8 Å². The first-order valence-corrected chi connectivity index (χ1v) is 7.83. The molecule has 1 aromatic carbocycles. The molecule has 2 aromatic rings. The summed E-state index contributed by atoms with van der Waals surface area (Å²) in [6.07, 6.45) is -4.54. The lowest BCUT2D eigenvalue weighted by Gasteiger charge is -2.14. The number of hydrogen-bond acceptors (Lipinski definition) is 5. The highest BCUT2D eigenvalue weighted by Gasteiger charge is 2.33. The highest BCUT2D eigenvalue weighted by Crippen LogP contribution is 2.30. The van der Waals surface area contributed by atoms with Crippen LogP contribution in [0.4, 0.5) is 30.6 Å². The third-order valence-corrected chi connectivity index (χ3v) is 3.35. The molecule has 2 rings (SSSR count). The number of nitrogens with zero attached hydrogens (tertiary/aromatic N) is 3. The normalized spacial score (nSPS) is 11.7. The van der Waals surface area contributed by atoms with E-state index >= 15 is 0 Å². The van der Waals surface area contributed by atoms with E-state index in [1.54, 1.807) is 0 Å². The molecule has 2 N–H and O–H groups in total. The third-order valence-electron chi connectivity index (χ3n) is 3.35. The van der Waals surface area contributed by atoms with E-state index < -0.39 is 11.9 Å². The van der Waals surface area contributed by atoms with E-state index in [1.807, 2.05) is 51.0 Å². The molecule has 0 bridgehead atoms. The molecule has 8 heteroatoms. The van der Waals surface area contributed by atoms with Crippen LogP contribution in [0.25, 0.3) is 0 Å². The summed E-state index contributed by atoms with van der Waals surface area (Å²) in [6, 6.07) is 6.60. The molecular formula is C17H22F3N5. The molecule has 25 heavy (non-hydrogen) atoms. The topological polar surface area (TPSA) is 53.1 Å². The zero-order valence-electron chi connectivity index (χ0n) is 14.7. The SMILES string of the molecule is Cc1cc(C)cc(Nc2cc(C(F)(F)F)nc(NCCN(C)C)n2)c1. The van der Waals surface area contributed by atoms with Crippen LogP contribution in [-0.2, 0) is 6.18 Å². The van der Waals surface area contributed by atoms with Crippen molar-refractivity contribution in [2.24, 2.45) is 0 Å². The Balaban J connectivity index is 2.28. The number of rotatable bonds is 6. The summed E-state index contributed by atoms with van der Waals surface area (Å²) in [5.41, 5.74) is 1.72. The van der Waals surface area contributed by atoms with Crippen LogP contribution in [0.1, 0.15) is 16.8 Å². The molecule has 0 aliphatic heterocycles. The van der Waals surface area contributed by atoms with Crippen molar-refractivity contribution in [3.8, 4) is 0 Å². The van der Waals surface area contributed by atoms with Gasteiger partial charge in [0.15, 0.2) is 5.69 Å². The summed E-state index contributed by atoms with van der Waals surface area (Å²) in [4.78, 5) is 9.63. The van der Waals surface area contributed by atoms with Crippen LogP contribution in [0.3, 0.4) is 0 Å². The molecular weight excluding hydrogens is 331 g/mol. The molecule has 0 radical (unpaired) electrons. The largest absolute Gasteiger partial charge is 0.433 e. The van der Waals surface area contributed by atoms with Crippen LogP contribution in [0.15, 0.2) is 24.3 Å². The van der Waals surface area contributed by atoms with Crippen molar-refractivity contribution < 1.29 is 13.2 Å². The molecule has 0 saturated carbocycles. The number of hydrogen-bond donors (Lipinski definition) is 2. The molecule has 0 spiro atoms. The summed E-state index contributed by atoms with van der Waals surface area (Å²) < 4.78 is 39.3. The summed E-state index contributed by atoms with van der Waals surface area (Å²) in [6.45, 7) is 4.94. The first-order valence-electron chi connectivity index (χ1n) is 7.83. The van der Waals surface area contributed by atoms with Gasteiger partial charge < -0.3 is 15.5 Å². The Labute approximate surface area is 145 Å². The van der Waals surface area contributed by atoms with Crippen LogP contribution in [0.2, 0.25) is 0 Å². The highest BCUT2D eigenvalue weighted by atomic mass is 19.4. The van der Waals surface area contributed by atoms with E-state index in [9.17, 15) is 13.2 Å². The first kappa shape index (κ1) is 19.0. The van der Waals surface area contributed by atoms with Crippen molar-refractivity contribution in [1.29, 1.82) is 0 Å². The minimum absolute atomic E-state index is 0.0523. The molecule has 1 aromatic heterocycles. The Morgan fingerprint density at radius 3 is 2.20 bits per heavy atom. The number of benzene rings is 1. The molecule has 1 heterocycles. The fraction of sp³-hybridized carbons (Fsp3) is 0.412. The summed E-state index contributed by atoms with van der Waals surface area (Å²) in [5, 5.41) is 5.77. The maximum absolute atomic E-state index is 13.1. The third kappa shape index (κ3) is 5.90. The van der Waals surface area contributed by atoms with Gasteiger partial charge in [0.1, 0.15) is 5.82 Å². The van der Waals surface area contributed by atoms with Crippen molar-refractivity contribution in [3.05, 3.63) is 41.1 Å². The van der Waals surface area contributed by atoms with E-state index in [-0.39, 0.29) is 11.8 Å². The first-order chi connectivity index (χ1) is 11.6. The summed E-state index contributed by atoms with van der Waals surface area (Å²) >= 11 is 0. The second-order valence-electron chi connectivity index (χ2n) is 6.19. The lowest BCUT2D eigenvalue weighted by atomic mass is 10.1. The number of likely N-dealkylation sites (N-methyl/N-ethyl adjacent to an activating group) is 1. The van der Waals surface area contributed by atoms with Gasteiger partial charge in [-0.25, -0.2) is 4.98 Å². The van der Waals surface area contributed by atoms with Crippen LogP contribution < -0.4 is 10.6 Å². The summed E-state index contributed by atoms with van der Waals surface area (Å²) in [7, 11) is 3.75. The molecule has 0 aliphatic carbocycles. The Kier molecular flexibility index (Phi) is 5.84. The van der Waals surface area contributed by atoms with Gasteiger partial charge in [-0.3, -0.25) is 0 Å². The number of alkyl halides is 3. The van der Waals surface area contributed by atoms with E-state index in [0.717, 1.165) is 17.2 Å². The van der Waals surface area contributed by atoms with Gasteiger partial charge in [-0.2, -0.15) is 18.2 Å². The minimum atomic E-state index is -4.54. The van der Waals surface area contributed by atoms with Crippen LogP contribution in [-0.4, -0.2) is 42.1 Å². The van der Waals surface area contributed by atoms with E-state index in [2.05, 4.69) is 20.6 Å². The standard InChI is InChI=1S/C17H22F3N5/c1-11-7-12(2)9-13(8-11)22-15-10-14(17(18,19)20)23-16(24-15)21-5-6-25(3)4/h7-10H,5-6H2,1-4H3,(H2,21,22,23,24). The lowest BCUT2D eigenvalue weighted by Crippen LogP contribution is -2.22.